The topological polar surface area (TPSA) is 114 Å². The van der Waals surface area contributed by atoms with Gasteiger partial charge in [-0.1, -0.05) is 18.2 Å². The molecule has 9 heteroatoms. The number of carbonyl (C=O) groups is 2. The number of ether oxygens (including phenoxy) is 1. The highest BCUT2D eigenvalue weighted by molar-refractivity contribution is 7.89. The fourth-order valence-corrected chi connectivity index (χ4v) is 4.10. The van der Waals surface area contributed by atoms with Crippen molar-refractivity contribution in [2.75, 3.05) is 30.4 Å². The molecule has 0 saturated carbocycles. The van der Waals surface area contributed by atoms with Crippen LogP contribution < -0.4 is 15.4 Å². The van der Waals surface area contributed by atoms with Crippen LogP contribution in [0.25, 0.3) is 0 Å². The Morgan fingerprint density at radius 1 is 0.765 bits per heavy atom. The zero-order valence-corrected chi connectivity index (χ0v) is 19.6. The molecule has 0 bridgehead atoms. The van der Waals surface area contributed by atoms with Gasteiger partial charge in [-0.2, -0.15) is 0 Å². The number of amides is 2. The maximum absolute atomic E-state index is 12.5. The number of nitrogens with one attached hydrogen (secondary N) is 3. The average Bonchev–Trinajstić information content (AvgIpc) is 2.85. The molecule has 0 aliphatic rings. The monoisotopic (exact) mass is 481 g/mol. The first-order valence-corrected chi connectivity index (χ1v) is 12.3. The lowest BCUT2D eigenvalue weighted by atomic mass is 10.1. The van der Waals surface area contributed by atoms with Crippen LogP contribution in [-0.2, 0) is 14.8 Å². The van der Waals surface area contributed by atoms with E-state index in [0.717, 1.165) is 0 Å². The molecular weight excluding hydrogens is 454 g/mol. The molecule has 3 aromatic carbocycles. The van der Waals surface area contributed by atoms with Gasteiger partial charge in [-0.05, 0) is 74.0 Å². The molecule has 178 valence electrons. The predicted octanol–water partition coefficient (Wildman–Crippen LogP) is 3.90. The summed E-state index contributed by atoms with van der Waals surface area (Å²) in [4.78, 5) is 24.9. The van der Waals surface area contributed by atoms with Crippen LogP contribution in [0.1, 0.15) is 34.1 Å². The van der Waals surface area contributed by atoms with E-state index in [1.54, 1.807) is 48.5 Å². The molecule has 0 saturated heterocycles. The van der Waals surface area contributed by atoms with Crippen molar-refractivity contribution in [3.8, 4) is 0 Å². The van der Waals surface area contributed by atoms with Crippen molar-refractivity contribution in [3.05, 3.63) is 90.0 Å². The number of hydrogen-bond donors (Lipinski definition) is 3. The zero-order chi connectivity index (χ0) is 24.4. The summed E-state index contributed by atoms with van der Waals surface area (Å²) in [6.07, 6.45) is 0.579. The summed E-state index contributed by atoms with van der Waals surface area (Å²) in [5, 5.41) is 5.51. The van der Waals surface area contributed by atoms with Crippen LogP contribution >= 0.6 is 0 Å². The summed E-state index contributed by atoms with van der Waals surface area (Å²) in [5.41, 5.74) is 1.95. The molecule has 0 aliphatic heterocycles. The third-order valence-electron chi connectivity index (χ3n) is 4.83. The van der Waals surface area contributed by atoms with E-state index in [0.29, 0.717) is 42.1 Å². The first-order chi connectivity index (χ1) is 16.4. The van der Waals surface area contributed by atoms with Crippen LogP contribution in [0.15, 0.2) is 83.8 Å². The lowest BCUT2D eigenvalue weighted by molar-refractivity contribution is 0.102. The van der Waals surface area contributed by atoms with Gasteiger partial charge in [0.05, 0.1) is 4.90 Å². The SMILES string of the molecule is CCOCCCNS(=O)(=O)c1ccc(NC(=O)c2ccc(NC(=O)c3ccccc3)cc2)cc1. The van der Waals surface area contributed by atoms with Crippen molar-refractivity contribution in [2.45, 2.75) is 18.2 Å². The molecule has 0 atom stereocenters. The van der Waals surface area contributed by atoms with Crippen LogP contribution in [-0.4, -0.2) is 40.0 Å². The summed E-state index contributed by atoms with van der Waals surface area (Å²) >= 11 is 0. The standard InChI is InChI=1S/C25H27N3O5S/c1-2-33-18-6-17-26-34(31,32)23-15-13-22(14-16-23)28-25(30)20-9-11-21(12-10-20)27-24(29)19-7-4-3-5-8-19/h3-5,7-16,26H,2,6,17-18H2,1H3,(H,27,29)(H,28,30). The molecule has 0 aromatic heterocycles. The Kier molecular flexibility index (Phi) is 8.92. The third kappa shape index (κ3) is 7.24. The summed E-state index contributed by atoms with van der Waals surface area (Å²) < 4.78 is 32.4. The lowest BCUT2D eigenvalue weighted by Crippen LogP contribution is -2.25. The predicted molar refractivity (Wildman–Crippen MR) is 132 cm³/mol. The number of anilines is 2. The molecule has 0 spiro atoms. The van der Waals surface area contributed by atoms with Gasteiger partial charge in [-0.3, -0.25) is 9.59 Å². The molecule has 0 fully saturated rings. The van der Waals surface area contributed by atoms with Crippen molar-refractivity contribution in [1.82, 2.24) is 4.72 Å². The Bertz CT molecular complexity index is 1200. The van der Waals surface area contributed by atoms with Gasteiger partial charge in [-0.25, -0.2) is 13.1 Å². The number of carbonyl (C=O) groups excluding carboxylic acids is 2. The second-order valence-corrected chi connectivity index (χ2v) is 9.09. The van der Waals surface area contributed by atoms with Crippen LogP contribution in [0.3, 0.4) is 0 Å². The van der Waals surface area contributed by atoms with E-state index in [9.17, 15) is 18.0 Å². The van der Waals surface area contributed by atoms with Crippen molar-refractivity contribution in [3.63, 3.8) is 0 Å². The van der Waals surface area contributed by atoms with Gasteiger partial charge in [0.2, 0.25) is 10.0 Å². The van der Waals surface area contributed by atoms with Crippen LogP contribution in [0.2, 0.25) is 0 Å². The second-order valence-electron chi connectivity index (χ2n) is 7.32. The molecule has 0 unspecified atom stereocenters. The van der Waals surface area contributed by atoms with Crippen molar-refractivity contribution < 1.29 is 22.7 Å². The molecule has 3 rings (SSSR count). The molecule has 0 radical (unpaired) electrons. The molecule has 34 heavy (non-hydrogen) atoms. The highest BCUT2D eigenvalue weighted by Crippen LogP contribution is 2.16. The Morgan fingerprint density at radius 3 is 1.85 bits per heavy atom. The number of rotatable bonds is 11. The van der Waals surface area contributed by atoms with E-state index >= 15 is 0 Å². The van der Waals surface area contributed by atoms with Crippen LogP contribution in [0, 0.1) is 0 Å². The minimum atomic E-state index is -3.63. The Hall–Kier alpha value is -3.53. The molecular formula is C25H27N3O5S. The molecule has 2 amide bonds. The molecule has 0 heterocycles. The van der Waals surface area contributed by atoms with Gasteiger partial charge in [-0.15, -0.1) is 0 Å². The number of sulfonamides is 1. The molecule has 3 aromatic rings. The Labute approximate surface area is 199 Å². The van der Waals surface area contributed by atoms with Crippen LogP contribution in [0.4, 0.5) is 11.4 Å². The van der Waals surface area contributed by atoms with E-state index in [-0.39, 0.29) is 23.3 Å². The lowest BCUT2D eigenvalue weighted by Gasteiger charge is -2.09. The summed E-state index contributed by atoms with van der Waals surface area (Å²) in [6, 6.07) is 21.2. The quantitative estimate of drug-likeness (QED) is 0.360. The van der Waals surface area contributed by atoms with Gasteiger partial charge in [0, 0.05) is 42.3 Å². The van der Waals surface area contributed by atoms with Crippen molar-refractivity contribution in [2.24, 2.45) is 0 Å². The van der Waals surface area contributed by atoms with E-state index < -0.39 is 10.0 Å². The van der Waals surface area contributed by atoms with Crippen LogP contribution in [0.5, 0.6) is 0 Å². The van der Waals surface area contributed by atoms with Gasteiger partial charge in [0.1, 0.15) is 0 Å². The zero-order valence-electron chi connectivity index (χ0n) is 18.8. The van der Waals surface area contributed by atoms with Crippen molar-refractivity contribution in [1.29, 1.82) is 0 Å². The second kappa shape index (κ2) is 12.1. The van der Waals surface area contributed by atoms with Gasteiger partial charge in [0.25, 0.3) is 11.8 Å². The minimum Gasteiger partial charge on any atom is -0.382 e. The van der Waals surface area contributed by atoms with E-state index in [1.807, 2.05) is 13.0 Å². The summed E-state index contributed by atoms with van der Waals surface area (Å²) in [7, 11) is -3.63. The van der Waals surface area contributed by atoms with E-state index in [1.165, 1.54) is 24.3 Å². The summed E-state index contributed by atoms with van der Waals surface area (Å²) in [5.74, 6) is -0.595. The molecule has 8 nitrogen and oxygen atoms in total. The fourth-order valence-electron chi connectivity index (χ4n) is 3.03. The number of hydrogen-bond acceptors (Lipinski definition) is 5. The third-order valence-corrected chi connectivity index (χ3v) is 6.30. The van der Waals surface area contributed by atoms with E-state index in [4.69, 9.17) is 4.74 Å². The minimum absolute atomic E-state index is 0.111. The smallest absolute Gasteiger partial charge is 0.255 e. The van der Waals surface area contributed by atoms with Gasteiger partial charge in [0.15, 0.2) is 0 Å². The van der Waals surface area contributed by atoms with E-state index in [2.05, 4.69) is 15.4 Å². The molecule has 0 aliphatic carbocycles. The van der Waals surface area contributed by atoms with Gasteiger partial charge < -0.3 is 15.4 Å². The molecule has 3 N–H and O–H groups in total. The number of benzene rings is 3. The maximum Gasteiger partial charge on any atom is 0.255 e. The highest BCUT2D eigenvalue weighted by atomic mass is 32.2. The maximum atomic E-state index is 12.5. The summed E-state index contributed by atoms with van der Waals surface area (Å²) in [6.45, 7) is 3.24. The van der Waals surface area contributed by atoms with Gasteiger partial charge >= 0.3 is 0 Å². The average molecular weight is 482 g/mol. The Balaban J connectivity index is 1.54. The Morgan fingerprint density at radius 2 is 1.29 bits per heavy atom. The van der Waals surface area contributed by atoms with Crippen molar-refractivity contribution >= 4 is 33.2 Å². The first-order valence-electron chi connectivity index (χ1n) is 10.8. The fraction of sp³-hybridized carbons (Fsp3) is 0.200. The normalized spacial score (nSPS) is 11.1. The highest BCUT2D eigenvalue weighted by Gasteiger charge is 2.14. The largest absolute Gasteiger partial charge is 0.382 e. The first kappa shape index (κ1) is 25.1.